The van der Waals surface area contributed by atoms with E-state index >= 15 is 0 Å². The lowest BCUT2D eigenvalue weighted by Gasteiger charge is -2.16. The van der Waals surface area contributed by atoms with Crippen molar-refractivity contribution in [3.8, 4) is 0 Å². The standard InChI is InChI=1S/C25H29NO2/c1-2-28-25(27)16-19-13-11-18(12-14-19)15-21-17-24(20-7-4-3-5-8-20)26-23-10-6-9-22(21)23/h7,11-14,17H,2-6,8-10,15-16H2,1H3. The third-order valence-electron chi connectivity index (χ3n) is 5.83. The summed E-state index contributed by atoms with van der Waals surface area (Å²) in [5, 5.41) is 0. The van der Waals surface area contributed by atoms with Gasteiger partial charge in [0.1, 0.15) is 0 Å². The van der Waals surface area contributed by atoms with Gasteiger partial charge in [-0.3, -0.25) is 9.78 Å². The third-order valence-corrected chi connectivity index (χ3v) is 5.83. The Labute approximate surface area is 167 Å². The van der Waals surface area contributed by atoms with E-state index in [-0.39, 0.29) is 5.97 Å². The van der Waals surface area contributed by atoms with Crippen molar-refractivity contribution < 1.29 is 9.53 Å². The second-order valence-electron chi connectivity index (χ2n) is 7.90. The summed E-state index contributed by atoms with van der Waals surface area (Å²) in [5.74, 6) is -0.160. The highest BCUT2D eigenvalue weighted by molar-refractivity contribution is 5.72. The fourth-order valence-corrected chi connectivity index (χ4v) is 4.39. The van der Waals surface area contributed by atoms with Crippen LogP contribution in [0.5, 0.6) is 0 Å². The molecule has 28 heavy (non-hydrogen) atoms. The molecule has 0 fully saturated rings. The van der Waals surface area contributed by atoms with E-state index in [1.165, 1.54) is 59.3 Å². The lowest BCUT2D eigenvalue weighted by molar-refractivity contribution is -0.142. The molecule has 0 saturated heterocycles. The normalized spacial score (nSPS) is 15.8. The molecule has 3 heteroatoms. The Morgan fingerprint density at radius 3 is 2.61 bits per heavy atom. The average molecular weight is 376 g/mol. The molecule has 0 N–H and O–H groups in total. The highest BCUT2D eigenvalue weighted by Crippen LogP contribution is 2.32. The number of carbonyl (C=O) groups excluding carboxylic acids is 1. The monoisotopic (exact) mass is 375 g/mol. The molecule has 0 spiro atoms. The van der Waals surface area contributed by atoms with Crippen LogP contribution in [-0.2, 0) is 35.2 Å². The van der Waals surface area contributed by atoms with E-state index in [0.29, 0.717) is 13.0 Å². The molecule has 1 aromatic heterocycles. The molecule has 2 aliphatic rings. The summed E-state index contributed by atoms with van der Waals surface area (Å²) in [5.41, 5.74) is 9.16. The van der Waals surface area contributed by atoms with Gasteiger partial charge in [0.2, 0.25) is 0 Å². The molecular weight excluding hydrogens is 346 g/mol. The first-order chi connectivity index (χ1) is 13.7. The smallest absolute Gasteiger partial charge is 0.310 e. The number of fused-ring (bicyclic) bond motifs is 1. The number of hydrogen-bond donors (Lipinski definition) is 0. The zero-order chi connectivity index (χ0) is 19.3. The molecule has 0 aliphatic heterocycles. The molecule has 1 aromatic carbocycles. The van der Waals surface area contributed by atoms with Gasteiger partial charge < -0.3 is 4.74 Å². The van der Waals surface area contributed by atoms with Gasteiger partial charge in [-0.1, -0.05) is 30.3 Å². The summed E-state index contributed by atoms with van der Waals surface area (Å²) in [6.45, 7) is 2.27. The summed E-state index contributed by atoms with van der Waals surface area (Å²) in [6, 6.07) is 10.7. The first kappa shape index (κ1) is 18.9. The summed E-state index contributed by atoms with van der Waals surface area (Å²) in [7, 11) is 0. The van der Waals surface area contributed by atoms with Crippen LogP contribution in [0.4, 0.5) is 0 Å². The third kappa shape index (κ3) is 4.35. The fourth-order valence-electron chi connectivity index (χ4n) is 4.39. The van der Waals surface area contributed by atoms with Crippen LogP contribution in [-0.4, -0.2) is 17.6 Å². The maximum absolute atomic E-state index is 11.7. The summed E-state index contributed by atoms with van der Waals surface area (Å²) in [6.07, 6.45) is 12.1. The molecule has 146 valence electrons. The van der Waals surface area contributed by atoms with Crippen LogP contribution in [0.3, 0.4) is 0 Å². The van der Waals surface area contributed by atoms with Gasteiger partial charge in [-0.15, -0.1) is 0 Å². The SMILES string of the molecule is CCOC(=O)Cc1ccc(Cc2cc(C3=CCCCC3)nc3c2CCC3)cc1. The van der Waals surface area contributed by atoms with Crippen LogP contribution >= 0.6 is 0 Å². The lowest BCUT2D eigenvalue weighted by Crippen LogP contribution is -2.07. The van der Waals surface area contributed by atoms with Crippen molar-refractivity contribution in [1.29, 1.82) is 0 Å². The van der Waals surface area contributed by atoms with Crippen molar-refractivity contribution in [2.24, 2.45) is 0 Å². The minimum Gasteiger partial charge on any atom is -0.466 e. The Morgan fingerprint density at radius 1 is 1.04 bits per heavy atom. The molecule has 4 rings (SSSR count). The molecule has 0 saturated carbocycles. The summed E-state index contributed by atoms with van der Waals surface area (Å²) in [4.78, 5) is 16.7. The van der Waals surface area contributed by atoms with Gasteiger partial charge in [0.05, 0.1) is 18.7 Å². The number of ether oxygens (including phenoxy) is 1. The Morgan fingerprint density at radius 2 is 1.86 bits per heavy atom. The molecule has 2 aliphatic carbocycles. The van der Waals surface area contributed by atoms with Crippen molar-refractivity contribution in [1.82, 2.24) is 4.98 Å². The minimum atomic E-state index is -0.160. The topological polar surface area (TPSA) is 39.2 Å². The van der Waals surface area contributed by atoms with Gasteiger partial charge in [-0.25, -0.2) is 0 Å². The number of pyridine rings is 1. The van der Waals surface area contributed by atoms with Gasteiger partial charge in [0.25, 0.3) is 0 Å². The summed E-state index contributed by atoms with van der Waals surface area (Å²) >= 11 is 0. The van der Waals surface area contributed by atoms with E-state index in [1.807, 2.05) is 6.92 Å². The Kier molecular flexibility index (Phi) is 5.90. The van der Waals surface area contributed by atoms with E-state index in [1.54, 1.807) is 0 Å². The largest absolute Gasteiger partial charge is 0.466 e. The summed E-state index contributed by atoms with van der Waals surface area (Å²) < 4.78 is 5.04. The van der Waals surface area contributed by atoms with Crippen molar-refractivity contribution in [3.05, 3.63) is 70.0 Å². The number of aryl methyl sites for hydroxylation is 1. The predicted molar refractivity (Wildman–Crippen MR) is 112 cm³/mol. The number of allylic oxidation sites excluding steroid dienone is 2. The molecule has 2 aromatic rings. The molecule has 0 atom stereocenters. The van der Waals surface area contributed by atoms with E-state index in [9.17, 15) is 4.79 Å². The van der Waals surface area contributed by atoms with Gasteiger partial charge >= 0.3 is 5.97 Å². The van der Waals surface area contributed by atoms with Crippen molar-refractivity contribution in [3.63, 3.8) is 0 Å². The number of aromatic nitrogens is 1. The van der Waals surface area contributed by atoms with Gasteiger partial charge in [-0.2, -0.15) is 0 Å². The minimum absolute atomic E-state index is 0.160. The fraction of sp³-hybridized carbons (Fsp3) is 0.440. The molecule has 0 amide bonds. The number of rotatable bonds is 6. The highest BCUT2D eigenvalue weighted by Gasteiger charge is 2.20. The maximum Gasteiger partial charge on any atom is 0.310 e. The highest BCUT2D eigenvalue weighted by atomic mass is 16.5. The number of nitrogens with zero attached hydrogens (tertiary/aromatic N) is 1. The van der Waals surface area contributed by atoms with Crippen molar-refractivity contribution >= 4 is 11.5 Å². The zero-order valence-corrected chi connectivity index (χ0v) is 16.8. The Balaban J connectivity index is 1.55. The van der Waals surface area contributed by atoms with Crippen LogP contribution in [0, 0.1) is 0 Å². The number of esters is 1. The second-order valence-corrected chi connectivity index (χ2v) is 7.90. The van der Waals surface area contributed by atoms with Gasteiger partial charge in [0, 0.05) is 5.69 Å². The zero-order valence-electron chi connectivity index (χ0n) is 16.8. The van der Waals surface area contributed by atoms with Gasteiger partial charge in [0.15, 0.2) is 0 Å². The molecule has 0 radical (unpaired) electrons. The molecule has 3 nitrogen and oxygen atoms in total. The van der Waals surface area contributed by atoms with Gasteiger partial charge in [-0.05, 0) is 92.2 Å². The first-order valence-electron chi connectivity index (χ1n) is 10.7. The van der Waals surface area contributed by atoms with E-state index in [0.717, 1.165) is 31.2 Å². The van der Waals surface area contributed by atoms with Crippen LogP contribution in [0.25, 0.3) is 5.57 Å². The quantitative estimate of drug-likeness (QED) is 0.650. The Bertz CT molecular complexity index is 880. The van der Waals surface area contributed by atoms with Crippen LogP contribution in [0.1, 0.15) is 72.7 Å². The molecule has 0 unspecified atom stereocenters. The van der Waals surface area contributed by atoms with Crippen LogP contribution < -0.4 is 0 Å². The molecule has 1 heterocycles. The number of benzene rings is 1. The number of carbonyl (C=O) groups is 1. The van der Waals surface area contributed by atoms with E-state index in [2.05, 4.69) is 36.4 Å². The van der Waals surface area contributed by atoms with Crippen LogP contribution in [0.15, 0.2) is 36.4 Å². The molecular formula is C25H29NO2. The molecule has 0 bridgehead atoms. The van der Waals surface area contributed by atoms with Crippen molar-refractivity contribution in [2.75, 3.05) is 6.61 Å². The van der Waals surface area contributed by atoms with E-state index < -0.39 is 0 Å². The number of hydrogen-bond acceptors (Lipinski definition) is 3. The lowest BCUT2D eigenvalue weighted by atomic mass is 9.93. The predicted octanol–water partition coefficient (Wildman–Crippen LogP) is 5.22. The first-order valence-corrected chi connectivity index (χ1v) is 10.7. The van der Waals surface area contributed by atoms with E-state index in [4.69, 9.17) is 9.72 Å². The van der Waals surface area contributed by atoms with Crippen molar-refractivity contribution in [2.45, 2.75) is 64.7 Å². The maximum atomic E-state index is 11.7. The Hall–Kier alpha value is -2.42. The second kappa shape index (κ2) is 8.72. The van der Waals surface area contributed by atoms with Crippen LogP contribution in [0.2, 0.25) is 0 Å². The average Bonchev–Trinajstić information content (AvgIpc) is 3.19.